The Labute approximate surface area is 83.7 Å². The number of hydrogen-bond acceptors (Lipinski definition) is 3. The second-order valence-electron chi connectivity index (χ2n) is 2.99. The van der Waals surface area contributed by atoms with Gasteiger partial charge in [-0.3, -0.25) is 9.78 Å². The van der Waals surface area contributed by atoms with Crippen LogP contribution < -0.4 is 10.6 Å². The van der Waals surface area contributed by atoms with Crippen LogP contribution in [0.5, 0.6) is 0 Å². The predicted molar refractivity (Wildman–Crippen MR) is 54.9 cm³/mol. The lowest BCUT2D eigenvalue weighted by molar-refractivity contribution is -0.120. The summed E-state index contributed by atoms with van der Waals surface area (Å²) in [6.45, 7) is 1.03. The molecule has 14 heavy (non-hydrogen) atoms. The van der Waals surface area contributed by atoms with Gasteiger partial charge < -0.3 is 10.6 Å². The lowest BCUT2D eigenvalue weighted by Gasteiger charge is -2.03. The van der Waals surface area contributed by atoms with Gasteiger partial charge in [-0.05, 0) is 25.1 Å². The third-order valence-electron chi connectivity index (χ3n) is 1.80. The minimum Gasteiger partial charge on any atom is -0.355 e. The predicted octanol–water partition coefficient (Wildman–Crippen LogP) is -0.0403. The molecule has 2 N–H and O–H groups in total. The number of rotatable bonds is 5. The first-order valence-corrected chi connectivity index (χ1v) is 4.63. The Balaban J connectivity index is 2.19. The Morgan fingerprint density at radius 3 is 3.07 bits per heavy atom. The highest BCUT2D eigenvalue weighted by molar-refractivity contribution is 5.77. The third-order valence-corrected chi connectivity index (χ3v) is 1.80. The minimum atomic E-state index is 0.0244. The van der Waals surface area contributed by atoms with Gasteiger partial charge in [-0.2, -0.15) is 0 Å². The molecule has 0 unspecified atom stereocenters. The van der Waals surface area contributed by atoms with Gasteiger partial charge in [0.15, 0.2) is 0 Å². The van der Waals surface area contributed by atoms with E-state index in [9.17, 15) is 4.79 Å². The topological polar surface area (TPSA) is 54.0 Å². The van der Waals surface area contributed by atoms with Crippen LogP contribution in [0.15, 0.2) is 24.5 Å². The fourth-order valence-electron chi connectivity index (χ4n) is 1.12. The zero-order valence-corrected chi connectivity index (χ0v) is 8.29. The van der Waals surface area contributed by atoms with Crippen LogP contribution in [-0.4, -0.2) is 31.0 Å². The lowest BCUT2D eigenvalue weighted by Crippen LogP contribution is -2.33. The summed E-state index contributed by atoms with van der Waals surface area (Å²) in [7, 11) is 1.75. The maximum Gasteiger partial charge on any atom is 0.233 e. The molecule has 0 saturated carbocycles. The number of nitrogens with zero attached hydrogens (tertiary/aromatic N) is 1. The summed E-state index contributed by atoms with van der Waals surface area (Å²) in [4.78, 5) is 15.0. The molecule has 0 radical (unpaired) electrons. The average molecular weight is 193 g/mol. The minimum absolute atomic E-state index is 0.0244. The van der Waals surface area contributed by atoms with Gasteiger partial charge in [0.05, 0.1) is 6.54 Å². The first-order chi connectivity index (χ1) is 6.83. The molecule has 0 aliphatic rings. The van der Waals surface area contributed by atoms with E-state index >= 15 is 0 Å². The molecule has 0 aliphatic heterocycles. The van der Waals surface area contributed by atoms with Crippen LogP contribution in [0.4, 0.5) is 0 Å². The van der Waals surface area contributed by atoms with Gasteiger partial charge >= 0.3 is 0 Å². The molecule has 0 atom stereocenters. The number of carbonyl (C=O) groups excluding carboxylic acids is 1. The summed E-state index contributed by atoms with van der Waals surface area (Å²) < 4.78 is 0. The summed E-state index contributed by atoms with van der Waals surface area (Å²) in [6.07, 6.45) is 4.37. The number of aromatic nitrogens is 1. The Morgan fingerprint density at radius 2 is 2.43 bits per heavy atom. The van der Waals surface area contributed by atoms with E-state index in [0.29, 0.717) is 13.1 Å². The number of likely N-dealkylation sites (N-methyl/N-ethyl adjacent to an activating group) is 1. The SMILES string of the molecule is CNCC(=O)NCCc1cccnc1. The maximum absolute atomic E-state index is 11.0. The van der Waals surface area contributed by atoms with E-state index in [1.54, 1.807) is 13.2 Å². The number of hydrogen-bond donors (Lipinski definition) is 2. The van der Waals surface area contributed by atoms with E-state index in [-0.39, 0.29) is 5.91 Å². The first-order valence-electron chi connectivity index (χ1n) is 4.63. The van der Waals surface area contributed by atoms with Gasteiger partial charge in [0.1, 0.15) is 0 Å². The van der Waals surface area contributed by atoms with Crippen molar-refractivity contribution >= 4 is 5.91 Å². The Morgan fingerprint density at radius 1 is 1.57 bits per heavy atom. The summed E-state index contributed by atoms with van der Waals surface area (Å²) in [6, 6.07) is 3.89. The average Bonchev–Trinajstić information content (AvgIpc) is 2.20. The second-order valence-corrected chi connectivity index (χ2v) is 2.99. The van der Waals surface area contributed by atoms with Crippen molar-refractivity contribution in [3.05, 3.63) is 30.1 Å². The summed E-state index contributed by atoms with van der Waals surface area (Å²) in [5.41, 5.74) is 1.14. The molecule has 4 nitrogen and oxygen atoms in total. The fraction of sp³-hybridized carbons (Fsp3) is 0.400. The third kappa shape index (κ3) is 4.00. The van der Waals surface area contributed by atoms with E-state index in [1.807, 2.05) is 18.3 Å². The molecule has 1 aromatic rings. The quantitative estimate of drug-likeness (QED) is 0.690. The highest BCUT2D eigenvalue weighted by atomic mass is 16.1. The van der Waals surface area contributed by atoms with Gasteiger partial charge in [0.2, 0.25) is 5.91 Å². The van der Waals surface area contributed by atoms with Crippen LogP contribution in [0.2, 0.25) is 0 Å². The summed E-state index contributed by atoms with van der Waals surface area (Å²) >= 11 is 0. The van der Waals surface area contributed by atoms with E-state index in [0.717, 1.165) is 12.0 Å². The second kappa shape index (κ2) is 6.10. The highest BCUT2D eigenvalue weighted by Crippen LogP contribution is 1.94. The Hall–Kier alpha value is -1.42. The molecule has 1 amide bonds. The summed E-state index contributed by atoms with van der Waals surface area (Å²) in [5, 5.41) is 5.59. The smallest absolute Gasteiger partial charge is 0.233 e. The molecule has 1 rings (SSSR count). The van der Waals surface area contributed by atoms with Gasteiger partial charge in [-0.1, -0.05) is 6.07 Å². The molecule has 1 aromatic heterocycles. The maximum atomic E-state index is 11.0. The van der Waals surface area contributed by atoms with Crippen LogP contribution >= 0.6 is 0 Å². The van der Waals surface area contributed by atoms with Crippen LogP contribution in [-0.2, 0) is 11.2 Å². The molecule has 0 aliphatic carbocycles. The van der Waals surface area contributed by atoms with Crippen molar-refractivity contribution in [1.82, 2.24) is 15.6 Å². The zero-order valence-electron chi connectivity index (χ0n) is 8.29. The van der Waals surface area contributed by atoms with Crippen LogP contribution in [0, 0.1) is 0 Å². The van der Waals surface area contributed by atoms with Crippen molar-refractivity contribution in [3.63, 3.8) is 0 Å². The monoisotopic (exact) mass is 193 g/mol. The van der Waals surface area contributed by atoms with Crippen LogP contribution in [0.1, 0.15) is 5.56 Å². The molecule has 0 aromatic carbocycles. The van der Waals surface area contributed by atoms with Crippen molar-refractivity contribution in [1.29, 1.82) is 0 Å². The van der Waals surface area contributed by atoms with Crippen molar-refractivity contribution in [2.75, 3.05) is 20.1 Å². The number of nitrogens with one attached hydrogen (secondary N) is 2. The fourth-order valence-corrected chi connectivity index (χ4v) is 1.12. The highest BCUT2D eigenvalue weighted by Gasteiger charge is 1.97. The van der Waals surface area contributed by atoms with Crippen molar-refractivity contribution < 1.29 is 4.79 Å². The number of carbonyl (C=O) groups is 1. The molecule has 0 fully saturated rings. The largest absolute Gasteiger partial charge is 0.355 e. The molecule has 1 heterocycles. The van der Waals surface area contributed by atoms with Gasteiger partial charge in [-0.15, -0.1) is 0 Å². The van der Waals surface area contributed by atoms with Crippen molar-refractivity contribution in [2.45, 2.75) is 6.42 Å². The number of pyridine rings is 1. The van der Waals surface area contributed by atoms with Gasteiger partial charge in [-0.25, -0.2) is 0 Å². The molecule has 4 heteroatoms. The molecule has 0 saturated heterocycles. The number of amides is 1. The van der Waals surface area contributed by atoms with E-state index in [1.165, 1.54) is 0 Å². The zero-order chi connectivity index (χ0) is 10.2. The molecular weight excluding hydrogens is 178 g/mol. The Bertz CT molecular complexity index is 274. The van der Waals surface area contributed by atoms with E-state index in [4.69, 9.17) is 0 Å². The first kappa shape index (κ1) is 10.7. The van der Waals surface area contributed by atoms with E-state index in [2.05, 4.69) is 15.6 Å². The van der Waals surface area contributed by atoms with E-state index < -0.39 is 0 Å². The molecular formula is C10H15N3O. The summed E-state index contributed by atoms with van der Waals surface area (Å²) in [5.74, 6) is 0.0244. The van der Waals surface area contributed by atoms with Crippen LogP contribution in [0.3, 0.4) is 0 Å². The molecule has 0 bridgehead atoms. The standard InChI is InChI=1S/C10H15N3O/c1-11-8-10(14)13-6-4-9-3-2-5-12-7-9/h2-3,5,7,11H,4,6,8H2,1H3,(H,13,14). The Kier molecular flexibility index (Phi) is 4.64. The van der Waals surface area contributed by atoms with Gasteiger partial charge in [0.25, 0.3) is 0 Å². The van der Waals surface area contributed by atoms with Crippen molar-refractivity contribution in [2.24, 2.45) is 0 Å². The lowest BCUT2D eigenvalue weighted by atomic mass is 10.2. The normalized spacial score (nSPS) is 9.79. The van der Waals surface area contributed by atoms with Gasteiger partial charge in [0, 0.05) is 18.9 Å². The molecule has 0 spiro atoms. The van der Waals surface area contributed by atoms with Crippen molar-refractivity contribution in [3.8, 4) is 0 Å². The molecule has 76 valence electrons. The van der Waals surface area contributed by atoms with Crippen LogP contribution in [0.25, 0.3) is 0 Å².